The summed E-state index contributed by atoms with van der Waals surface area (Å²) in [5.41, 5.74) is 1.62. The SMILES string of the molecule is O=C(Nc1ccc(-n2ccncc2=O)cc1)[C@H]1CCCN1C(=O)Nc1ccc(Cl)cc1. The van der Waals surface area contributed by atoms with Crippen molar-refractivity contribution in [1.82, 2.24) is 14.5 Å². The van der Waals surface area contributed by atoms with Gasteiger partial charge in [0.25, 0.3) is 5.56 Å². The summed E-state index contributed by atoms with van der Waals surface area (Å²) in [6.07, 6.45) is 5.67. The van der Waals surface area contributed by atoms with Crippen LogP contribution in [-0.4, -0.2) is 39.0 Å². The highest BCUT2D eigenvalue weighted by molar-refractivity contribution is 6.30. The van der Waals surface area contributed by atoms with E-state index in [1.165, 1.54) is 21.9 Å². The summed E-state index contributed by atoms with van der Waals surface area (Å²) in [6.45, 7) is 0.501. The van der Waals surface area contributed by atoms with Crippen molar-refractivity contribution in [3.63, 3.8) is 0 Å². The Labute approximate surface area is 183 Å². The fourth-order valence-electron chi connectivity index (χ4n) is 3.50. The second-order valence-corrected chi connectivity index (χ2v) is 7.55. The Morgan fingerprint density at radius 3 is 2.39 bits per heavy atom. The van der Waals surface area contributed by atoms with Crippen molar-refractivity contribution < 1.29 is 9.59 Å². The second-order valence-electron chi connectivity index (χ2n) is 7.11. The molecule has 31 heavy (non-hydrogen) atoms. The molecule has 1 aliphatic rings. The van der Waals surface area contributed by atoms with Crippen LogP contribution in [0.1, 0.15) is 12.8 Å². The van der Waals surface area contributed by atoms with E-state index in [9.17, 15) is 14.4 Å². The first-order valence-electron chi connectivity index (χ1n) is 9.78. The smallest absolute Gasteiger partial charge is 0.322 e. The highest BCUT2D eigenvalue weighted by Gasteiger charge is 2.34. The third-order valence-corrected chi connectivity index (χ3v) is 5.30. The molecule has 158 valence electrons. The van der Waals surface area contributed by atoms with Crippen molar-refractivity contribution in [3.8, 4) is 5.69 Å². The van der Waals surface area contributed by atoms with Gasteiger partial charge in [0.15, 0.2) is 0 Å². The van der Waals surface area contributed by atoms with Crippen LogP contribution in [0.25, 0.3) is 5.69 Å². The Bertz CT molecular complexity index is 1140. The van der Waals surface area contributed by atoms with E-state index in [0.29, 0.717) is 35.1 Å². The molecule has 0 unspecified atom stereocenters. The Balaban J connectivity index is 1.41. The zero-order valence-corrected chi connectivity index (χ0v) is 17.2. The number of nitrogens with one attached hydrogen (secondary N) is 2. The standard InChI is InChI=1S/C22H20ClN5O3/c23-15-3-5-17(6-4-15)26-22(31)28-12-1-2-19(28)21(30)25-16-7-9-18(10-8-16)27-13-11-24-14-20(27)29/h3-11,13-14,19H,1-2,12H2,(H,25,30)(H,26,31)/t19-/m1/s1. The minimum absolute atomic E-state index is 0.243. The van der Waals surface area contributed by atoms with Crippen molar-refractivity contribution in [2.24, 2.45) is 0 Å². The third kappa shape index (κ3) is 4.75. The number of nitrogens with zero attached hydrogens (tertiary/aromatic N) is 3. The van der Waals surface area contributed by atoms with Crippen LogP contribution in [0.4, 0.5) is 16.2 Å². The fraction of sp³-hybridized carbons (Fsp3) is 0.182. The zero-order valence-electron chi connectivity index (χ0n) is 16.5. The van der Waals surface area contributed by atoms with Crippen molar-refractivity contribution in [3.05, 3.63) is 82.5 Å². The number of rotatable bonds is 4. The molecule has 2 N–H and O–H groups in total. The van der Waals surface area contributed by atoms with Crippen LogP contribution in [-0.2, 0) is 4.79 Å². The predicted molar refractivity (Wildman–Crippen MR) is 119 cm³/mol. The van der Waals surface area contributed by atoms with E-state index >= 15 is 0 Å². The van der Waals surface area contributed by atoms with Gasteiger partial charge in [-0.1, -0.05) is 11.6 Å². The van der Waals surface area contributed by atoms with E-state index in [1.54, 1.807) is 54.7 Å². The van der Waals surface area contributed by atoms with Gasteiger partial charge in [-0.25, -0.2) is 4.79 Å². The van der Waals surface area contributed by atoms with Gasteiger partial charge < -0.3 is 15.5 Å². The second kappa shape index (κ2) is 9.01. The minimum Gasteiger partial charge on any atom is -0.324 e. The van der Waals surface area contributed by atoms with Crippen molar-refractivity contribution in [2.75, 3.05) is 17.2 Å². The molecule has 0 spiro atoms. The number of hydrogen-bond acceptors (Lipinski definition) is 4. The number of hydrogen-bond donors (Lipinski definition) is 2. The van der Waals surface area contributed by atoms with E-state index in [0.717, 1.165) is 6.42 Å². The molecule has 1 atom stereocenters. The van der Waals surface area contributed by atoms with Crippen LogP contribution in [0, 0.1) is 0 Å². The molecule has 3 aromatic rings. The van der Waals surface area contributed by atoms with Crippen LogP contribution < -0.4 is 16.2 Å². The maximum atomic E-state index is 12.8. The van der Waals surface area contributed by atoms with Crippen molar-refractivity contribution in [2.45, 2.75) is 18.9 Å². The Hall–Kier alpha value is -3.65. The summed E-state index contributed by atoms with van der Waals surface area (Å²) in [5.74, 6) is -0.252. The quantitative estimate of drug-likeness (QED) is 0.652. The molecule has 1 saturated heterocycles. The lowest BCUT2D eigenvalue weighted by Gasteiger charge is -2.24. The van der Waals surface area contributed by atoms with Gasteiger partial charge in [-0.05, 0) is 61.4 Å². The molecule has 9 heteroatoms. The van der Waals surface area contributed by atoms with Gasteiger partial charge in [0.05, 0.1) is 6.20 Å². The normalized spacial score (nSPS) is 15.5. The number of likely N-dealkylation sites (tertiary alicyclic amines) is 1. The third-order valence-electron chi connectivity index (χ3n) is 5.05. The average Bonchev–Trinajstić information content (AvgIpc) is 3.27. The molecule has 2 aromatic carbocycles. The first kappa shape index (κ1) is 20.6. The Morgan fingerprint density at radius 2 is 1.68 bits per heavy atom. The molecule has 1 aromatic heterocycles. The van der Waals surface area contributed by atoms with E-state index in [-0.39, 0.29) is 17.5 Å². The monoisotopic (exact) mass is 437 g/mol. The number of urea groups is 1. The van der Waals surface area contributed by atoms with E-state index < -0.39 is 6.04 Å². The number of benzene rings is 2. The summed E-state index contributed by atoms with van der Waals surface area (Å²) in [6, 6.07) is 12.8. The maximum absolute atomic E-state index is 12.8. The minimum atomic E-state index is -0.560. The molecule has 3 amide bonds. The largest absolute Gasteiger partial charge is 0.324 e. The molecule has 0 saturated carbocycles. The lowest BCUT2D eigenvalue weighted by molar-refractivity contribution is -0.119. The number of aromatic nitrogens is 2. The van der Waals surface area contributed by atoms with Gasteiger partial charge in [0.2, 0.25) is 5.91 Å². The van der Waals surface area contributed by atoms with Crippen LogP contribution >= 0.6 is 11.6 Å². The highest BCUT2D eigenvalue weighted by atomic mass is 35.5. The lowest BCUT2D eigenvalue weighted by atomic mass is 10.2. The Kier molecular flexibility index (Phi) is 5.99. The maximum Gasteiger partial charge on any atom is 0.322 e. The van der Waals surface area contributed by atoms with E-state index in [1.807, 2.05) is 0 Å². The van der Waals surface area contributed by atoms with Gasteiger partial charge >= 0.3 is 6.03 Å². The summed E-state index contributed by atoms with van der Waals surface area (Å²) in [7, 11) is 0. The molecule has 1 aliphatic heterocycles. The molecule has 4 rings (SSSR count). The molecule has 8 nitrogen and oxygen atoms in total. The summed E-state index contributed by atoms with van der Waals surface area (Å²) in [4.78, 5) is 42.7. The Morgan fingerprint density at radius 1 is 1.00 bits per heavy atom. The molecular weight excluding hydrogens is 418 g/mol. The van der Waals surface area contributed by atoms with Crippen LogP contribution in [0.2, 0.25) is 5.02 Å². The van der Waals surface area contributed by atoms with E-state index in [4.69, 9.17) is 11.6 Å². The summed E-state index contributed by atoms with van der Waals surface area (Å²) in [5, 5.41) is 6.24. The van der Waals surface area contributed by atoms with Crippen molar-refractivity contribution >= 4 is 34.9 Å². The lowest BCUT2D eigenvalue weighted by Crippen LogP contribution is -2.45. The van der Waals surface area contributed by atoms with Gasteiger partial charge in [0, 0.05) is 41.0 Å². The number of halogens is 1. The summed E-state index contributed by atoms with van der Waals surface area (Å²) >= 11 is 5.87. The number of anilines is 2. The van der Waals surface area contributed by atoms with E-state index in [2.05, 4.69) is 15.6 Å². The summed E-state index contributed by atoms with van der Waals surface area (Å²) < 4.78 is 1.46. The first-order valence-corrected chi connectivity index (χ1v) is 10.2. The highest BCUT2D eigenvalue weighted by Crippen LogP contribution is 2.22. The molecule has 1 fully saturated rings. The van der Waals surface area contributed by atoms with Crippen LogP contribution in [0.5, 0.6) is 0 Å². The molecule has 0 aliphatic carbocycles. The number of carbonyl (C=O) groups is 2. The van der Waals surface area contributed by atoms with Gasteiger partial charge in [-0.2, -0.15) is 0 Å². The van der Waals surface area contributed by atoms with Crippen LogP contribution in [0.15, 0.2) is 71.9 Å². The zero-order chi connectivity index (χ0) is 21.8. The predicted octanol–water partition coefficient (Wildman–Crippen LogP) is 3.52. The van der Waals surface area contributed by atoms with Crippen molar-refractivity contribution in [1.29, 1.82) is 0 Å². The first-order chi connectivity index (χ1) is 15.0. The van der Waals surface area contributed by atoms with Gasteiger partial charge in [-0.3, -0.25) is 19.1 Å². The number of amides is 3. The molecular formula is C22H20ClN5O3. The number of carbonyl (C=O) groups excluding carboxylic acids is 2. The average molecular weight is 438 g/mol. The fourth-order valence-corrected chi connectivity index (χ4v) is 3.63. The molecule has 2 heterocycles. The van der Waals surface area contributed by atoms with Gasteiger partial charge in [0.1, 0.15) is 6.04 Å². The topological polar surface area (TPSA) is 96.3 Å². The molecule has 0 bridgehead atoms. The molecule has 0 radical (unpaired) electrons. The van der Waals surface area contributed by atoms with Crippen LogP contribution in [0.3, 0.4) is 0 Å². The van der Waals surface area contributed by atoms with Gasteiger partial charge in [-0.15, -0.1) is 0 Å².